The lowest BCUT2D eigenvalue weighted by atomic mass is 10.0. The van der Waals surface area contributed by atoms with E-state index in [1.54, 1.807) is 32.5 Å². The molecular weight excluding hydrogens is 550 g/mol. The quantitative estimate of drug-likeness (QED) is 0.247. The van der Waals surface area contributed by atoms with Gasteiger partial charge in [0.25, 0.3) is 10.1 Å². The first-order valence-electron chi connectivity index (χ1n) is 12.9. The lowest BCUT2D eigenvalue weighted by molar-refractivity contribution is -0.116. The van der Waals surface area contributed by atoms with Crippen LogP contribution in [0.4, 0.5) is 16.4 Å². The van der Waals surface area contributed by atoms with Gasteiger partial charge in [-0.15, -0.1) is 0 Å². The van der Waals surface area contributed by atoms with Crippen molar-refractivity contribution in [3.63, 3.8) is 0 Å². The van der Waals surface area contributed by atoms with Crippen molar-refractivity contribution in [3.8, 4) is 22.6 Å². The number of ether oxygens (including phenoxy) is 2. The fourth-order valence-corrected chi connectivity index (χ4v) is 4.40. The summed E-state index contributed by atoms with van der Waals surface area (Å²) >= 11 is 0. The number of pyridine rings is 2. The SMILES string of the molecule is COc1cc(OC)cc(-c2cc3cnc(N(CCCCOS(C)(=O)=O)C(C)=O)cc3nc2NC(=O)NC(C)(C)C)c1. The molecule has 0 saturated carbocycles. The molecule has 0 aliphatic carbocycles. The maximum Gasteiger partial charge on any atom is 0.320 e. The molecule has 0 fully saturated rings. The van der Waals surface area contributed by atoms with Crippen molar-refractivity contribution < 1.29 is 31.7 Å². The van der Waals surface area contributed by atoms with Crippen LogP contribution in [0.5, 0.6) is 11.5 Å². The highest BCUT2D eigenvalue weighted by Crippen LogP contribution is 2.35. The van der Waals surface area contributed by atoms with Crippen LogP contribution in [0, 0.1) is 0 Å². The van der Waals surface area contributed by atoms with Gasteiger partial charge in [0, 0.05) is 48.3 Å². The molecule has 41 heavy (non-hydrogen) atoms. The van der Waals surface area contributed by atoms with Crippen molar-refractivity contribution in [1.29, 1.82) is 0 Å². The molecule has 0 unspecified atom stereocenters. The Morgan fingerprint density at radius 3 is 2.22 bits per heavy atom. The van der Waals surface area contributed by atoms with E-state index in [1.807, 2.05) is 39.0 Å². The first-order valence-corrected chi connectivity index (χ1v) is 14.8. The number of carbonyl (C=O) groups is 2. The van der Waals surface area contributed by atoms with Crippen LogP contribution in [0.1, 0.15) is 40.5 Å². The average molecular weight is 588 g/mol. The molecule has 0 aliphatic heterocycles. The molecule has 0 bridgehead atoms. The van der Waals surface area contributed by atoms with Crippen LogP contribution in [-0.4, -0.2) is 69.5 Å². The summed E-state index contributed by atoms with van der Waals surface area (Å²) in [6.07, 6.45) is 3.54. The molecule has 2 N–H and O–H groups in total. The van der Waals surface area contributed by atoms with Crippen LogP contribution in [0.15, 0.2) is 36.5 Å². The van der Waals surface area contributed by atoms with Gasteiger partial charge in [-0.3, -0.25) is 19.2 Å². The number of rotatable bonds is 11. The summed E-state index contributed by atoms with van der Waals surface area (Å²) in [7, 11) is -0.415. The lowest BCUT2D eigenvalue weighted by Gasteiger charge is -2.22. The highest BCUT2D eigenvalue weighted by atomic mass is 32.2. The molecule has 3 amide bonds. The topological polar surface area (TPSA) is 149 Å². The van der Waals surface area contributed by atoms with Crippen LogP contribution in [0.3, 0.4) is 0 Å². The second kappa shape index (κ2) is 13.1. The third-order valence-electron chi connectivity index (χ3n) is 5.80. The van der Waals surface area contributed by atoms with E-state index in [4.69, 9.17) is 18.6 Å². The van der Waals surface area contributed by atoms with Gasteiger partial charge >= 0.3 is 6.03 Å². The second-order valence-electron chi connectivity index (χ2n) is 10.5. The smallest absolute Gasteiger partial charge is 0.320 e. The van der Waals surface area contributed by atoms with Crippen molar-refractivity contribution in [1.82, 2.24) is 15.3 Å². The van der Waals surface area contributed by atoms with E-state index in [2.05, 4.69) is 15.6 Å². The van der Waals surface area contributed by atoms with Crippen molar-refractivity contribution >= 4 is 44.6 Å². The number of aromatic nitrogens is 2. The number of urea groups is 1. The molecule has 3 rings (SSSR count). The Morgan fingerprint density at radius 2 is 1.66 bits per heavy atom. The third kappa shape index (κ3) is 9.29. The molecule has 2 heterocycles. The van der Waals surface area contributed by atoms with E-state index in [9.17, 15) is 18.0 Å². The summed E-state index contributed by atoms with van der Waals surface area (Å²) in [5.74, 6) is 1.57. The Morgan fingerprint density at radius 1 is 1.00 bits per heavy atom. The Bertz CT molecular complexity index is 1500. The number of anilines is 2. The number of benzene rings is 1. The standard InChI is InChI=1S/C28H37N5O7S/c1-18(34)33(10-8-9-11-40-41(7,36)37)25-16-24-20(17-29-25)14-23(19-12-21(38-5)15-22(13-19)39-6)26(30-24)31-27(35)32-28(2,3)4/h12-17H,8-11H2,1-7H3,(H2,30,31,32,35). The minimum Gasteiger partial charge on any atom is -0.497 e. The van der Waals surface area contributed by atoms with Crippen LogP contribution in [0.2, 0.25) is 0 Å². The van der Waals surface area contributed by atoms with Gasteiger partial charge in [-0.1, -0.05) is 0 Å². The molecule has 0 atom stereocenters. The molecule has 0 saturated heterocycles. The summed E-state index contributed by atoms with van der Waals surface area (Å²) in [5, 5.41) is 6.41. The molecule has 3 aromatic rings. The summed E-state index contributed by atoms with van der Waals surface area (Å²) < 4.78 is 38.0. The molecule has 222 valence electrons. The molecule has 12 nitrogen and oxygen atoms in total. The number of unbranched alkanes of at least 4 members (excludes halogenated alkanes) is 1. The zero-order valence-corrected chi connectivity index (χ0v) is 25.2. The summed E-state index contributed by atoms with van der Waals surface area (Å²) in [6, 6.07) is 8.45. The summed E-state index contributed by atoms with van der Waals surface area (Å²) in [6.45, 7) is 7.37. The zero-order chi connectivity index (χ0) is 30.4. The Kier molecular flexibility index (Phi) is 10.1. The van der Waals surface area contributed by atoms with Crippen LogP contribution < -0.4 is 25.0 Å². The number of fused-ring (bicyclic) bond motifs is 1. The maximum absolute atomic E-state index is 12.9. The van der Waals surface area contributed by atoms with Gasteiger partial charge in [0.05, 0.1) is 32.6 Å². The molecular formula is C28H37N5O7S. The maximum atomic E-state index is 12.9. The van der Waals surface area contributed by atoms with Crippen LogP contribution >= 0.6 is 0 Å². The Labute approximate surface area is 240 Å². The number of hydrogen-bond acceptors (Lipinski definition) is 9. The van der Waals surface area contributed by atoms with Gasteiger partial charge in [-0.25, -0.2) is 14.8 Å². The largest absolute Gasteiger partial charge is 0.497 e. The number of amides is 3. The van der Waals surface area contributed by atoms with E-state index in [1.165, 1.54) is 11.8 Å². The van der Waals surface area contributed by atoms with Crippen molar-refractivity contribution in [2.24, 2.45) is 0 Å². The van der Waals surface area contributed by atoms with E-state index < -0.39 is 21.7 Å². The first kappa shape index (κ1) is 31.6. The zero-order valence-electron chi connectivity index (χ0n) is 24.4. The van der Waals surface area contributed by atoms with Gasteiger partial charge in [0.1, 0.15) is 23.1 Å². The van der Waals surface area contributed by atoms with E-state index >= 15 is 0 Å². The number of hydrogen-bond donors (Lipinski definition) is 2. The van der Waals surface area contributed by atoms with Crippen molar-refractivity contribution in [2.75, 3.05) is 43.8 Å². The van der Waals surface area contributed by atoms with Crippen LogP contribution in [-0.2, 0) is 19.1 Å². The molecule has 1 aromatic carbocycles. The van der Waals surface area contributed by atoms with Crippen molar-refractivity contribution in [2.45, 2.75) is 46.1 Å². The highest BCUT2D eigenvalue weighted by molar-refractivity contribution is 7.85. The van der Waals surface area contributed by atoms with E-state index in [-0.39, 0.29) is 12.5 Å². The molecule has 0 spiro atoms. The number of methoxy groups -OCH3 is 2. The monoisotopic (exact) mass is 587 g/mol. The van der Waals surface area contributed by atoms with Gasteiger partial charge in [0.15, 0.2) is 0 Å². The van der Waals surface area contributed by atoms with Gasteiger partial charge in [-0.2, -0.15) is 8.42 Å². The van der Waals surface area contributed by atoms with Gasteiger partial charge in [-0.05, 0) is 57.4 Å². The Balaban J connectivity index is 2.02. The summed E-state index contributed by atoms with van der Waals surface area (Å²) in [5.41, 5.74) is 1.34. The van der Waals surface area contributed by atoms with E-state index in [0.717, 1.165) is 6.26 Å². The summed E-state index contributed by atoms with van der Waals surface area (Å²) in [4.78, 5) is 36.1. The second-order valence-corrected chi connectivity index (χ2v) is 12.1. The minimum atomic E-state index is -3.52. The lowest BCUT2D eigenvalue weighted by Crippen LogP contribution is -2.43. The predicted octanol–water partition coefficient (Wildman–Crippen LogP) is 4.34. The fourth-order valence-electron chi connectivity index (χ4n) is 3.98. The van der Waals surface area contributed by atoms with Crippen LogP contribution in [0.25, 0.3) is 22.0 Å². The fraction of sp³-hybridized carbons (Fsp3) is 0.429. The molecule has 0 radical (unpaired) electrons. The molecule has 0 aliphatic rings. The Hall–Kier alpha value is -3.97. The first-order chi connectivity index (χ1) is 19.2. The number of carbonyl (C=O) groups excluding carboxylic acids is 2. The third-order valence-corrected chi connectivity index (χ3v) is 6.39. The number of nitrogens with zero attached hydrogens (tertiary/aromatic N) is 3. The van der Waals surface area contributed by atoms with E-state index in [0.29, 0.717) is 64.6 Å². The predicted molar refractivity (Wildman–Crippen MR) is 158 cm³/mol. The minimum absolute atomic E-state index is 0.0285. The normalized spacial score (nSPS) is 11.7. The van der Waals surface area contributed by atoms with Crippen molar-refractivity contribution in [3.05, 3.63) is 36.5 Å². The molecule has 13 heteroatoms. The average Bonchev–Trinajstić information content (AvgIpc) is 2.87. The number of nitrogens with one attached hydrogen (secondary N) is 2. The molecule has 2 aromatic heterocycles. The highest BCUT2D eigenvalue weighted by Gasteiger charge is 2.20. The van der Waals surface area contributed by atoms with Gasteiger partial charge < -0.3 is 14.8 Å². The van der Waals surface area contributed by atoms with Gasteiger partial charge in [0.2, 0.25) is 5.91 Å².